The number of hydrogen-bond acceptors (Lipinski definition) is 2. The second-order valence-electron chi connectivity index (χ2n) is 3.32. The summed E-state index contributed by atoms with van der Waals surface area (Å²) in [5.41, 5.74) is 5.46. The molecule has 0 saturated carbocycles. The van der Waals surface area contributed by atoms with Crippen molar-refractivity contribution in [3.05, 3.63) is 24.6 Å². The molecule has 2 N–H and O–H groups in total. The summed E-state index contributed by atoms with van der Waals surface area (Å²) in [5.74, 6) is 0. The Morgan fingerprint density at radius 1 is 1.00 bits per heavy atom. The van der Waals surface area contributed by atoms with Gasteiger partial charge in [-0.25, -0.2) is 0 Å². The molecule has 82 valence electrons. The van der Waals surface area contributed by atoms with E-state index in [1.807, 2.05) is 0 Å². The zero-order chi connectivity index (χ0) is 10.6. The van der Waals surface area contributed by atoms with Crippen molar-refractivity contribution in [1.82, 2.24) is 4.90 Å². The molecule has 0 rings (SSSR count). The molecule has 0 aliphatic carbocycles. The number of unbranched alkanes of at least 4 members (excludes halogenated alkanes) is 1. The molecule has 0 aromatic heterocycles. The van der Waals surface area contributed by atoms with E-state index in [4.69, 9.17) is 5.73 Å². The van der Waals surface area contributed by atoms with Crippen LogP contribution in [0.25, 0.3) is 0 Å². The lowest BCUT2D eigenvalue weighted by Crippen LogP contribution is -2.12. The van der Waals surface area contributed by atoms with Crippen LogP contribution in [0.4, 0.5) is 0 Å². The molecule has 0 spiro atoms. The van der Waals surface area contributed by atoms with Crippen LogP contribution in [0.15, 0.2) is 24.6 Å². The van der Waals surface area contributed by atoms with E-state index >= 15 is 0 Å². The molecule has 2 nitrogen and oxygen atoms in total. The van der Waals surface area contributed by atoms with Gasteiger partial charge in [-0.15, -0.1) is 0 Å². The van der Waals surface area contributed by atoms with E-state index in [0.29, 0.717) is 0 Å². The Kier molecular flexibility index (Phi) is 9.76. The molecule has 2 heteroatoms. The Balaban J connectivity index is 3.84. The summed E-state index contributed by atoms with van der Waals surface area (Å²) in [6.45, 7) is 6.17. The quantitative estimate of drug-likeness (QED) is 0.605. The molecule has 0 heterocycles. The fraction of sp³-hybridized carbons (Fsp3) is 0.667. The zero-order valence-electron chi connectivity index (χ0n) is 9.58. The number of allylic oxidation sites excluding steroid dienone is 2. The largest absolute Gasteiger partial charge is 0.355 e. The van der Waals surface area contributed by atoms with E-state index in [-0.39, 0.29) is 0 Å². The van der Waals surface area contributed by atoms with E-state index in [2.05, 4.69) is 43.3 Å². The summed E-state index contributed by atoms with van der Waals surface area (Å²) in [7, 11) is 0. The monoisotopic (exact) mass is 196 g/mol. The summed E-state index contributed by atoms with van der Waals surface area (Å²) in [4.78, 5) is 2.24. The first kappa shape index (κ1) is 13.2. The normalized spacial score (nSPS) is 11.6. The van der Waals surface area contributed by atoms with Crippen LogP contribution in [-0.4, -0.2) is 18.0 Å². The highest BCUT2D eigenvalue weighted by Crippen LogP contribution is 1.99. The summed E-state index contributed by atoms with van der Waals surface area (Å²) >= 11 is 0. The van der Waals surface area contributed by atoms with Gasteiger partial charge >= 0.3 is 0 Å². The summed E-state index contributed by atoms with van der Waals surface area (Å²) in [5, 5.41) is 0. The minimum atomic E-state index is 0.794. The minimum Gasteiger partial charge on any atom is -0.355 e. The first-order valence-corrected chi connectivity index (χ1v) is 5.64. The van der Waals surface area contributed by atoms with E-state index in [9.17, 15) is 0 Å². The highest BCUT2D eigenvalue weighted by Gasteiger charge is 1.92. The fourth-order valence-electron chi connectivity index (χ4n) is 1.12. The SMILES string of the molecule is CCC=CN(C=CCC)CCCCN. The van der Waals surface area contributed by atoms with Gasteiger partial charge in [-0.05, 0) is 44.6 Å². The highest BCUT2D eigenvalue weighted by atomic mass is 15.1. The van der Waals surface area contributed by atoms with Crippen molar-refractivity contribution >= 4 is 0 Å². The lowest BCUT2D eigenvalue weighted by atomic mass is 10.3. The van der Waals surface area contributed by atoms with Crippen molar-refractivity contribution in [2.45, 2.75) is 39.5 Å². The molecule has 0 fully saturated rings. The van der Waals surface area contributed by atoms with Gasteiger partial charge in [-0.1, -0.05) is 26.0 Å². The van der Waals surface area contributed by atoms with Gasteiger partial charge in [0, 0.05) is 6.54 Å². The second-order valence-corrected chi connectivity index (χ2v) is 3.32. The third kappa shape index (κ3) is 7.87. The maximum Gasteiger partial charge on any atom is 0.0219 e. The van der Waals surface area contributed by atoms with Crippen LogP contribution in [0.2, 0.25) is 0 Å². The van der Waals surface area contributed by atoms with Crippen LogP contribution in [0.1, 0.15) is 39.5 Å². The fourth-order valence-corrected chi connectivity index (χ4v) is 1.12. The number of nitrogens with two attached hydrogens (primary N) is 1. The lowest BCUT2D eigenvalue weighted by Gasteiger charge is -2.14. The van der Waals surface area contributed by atoms with Gasteiger partial charge in [0.1, 0.15) is 0 Å². The highest BCUT2D eigenvalue weighted by molar-refractivity contribution is 4.91. The van der Waals surface area contributed by atoms with Gasteiger partial charge in [-0.2, -0.15) is 0 Å². The van der Waals surface area contributed by atoms with Crippen LogP contribution in [0.3, 0.4) is 0 Å². The van der Waals surface area contributed by atoms with E-state index in [1.165, 1.54) is 6.42 Å². The first-order chi connectivity index (χ1) is 6.85. The Labute approximate surface area is 88.5 Å². The summed E-state index contributed by atoms with van der Waals surface area (Å²) in [6.07, 6.45) is 13.1. The van der Waals surface area contributed by atoms with Crippen molar-refractivity contribution in [1.29, 1.82) is 0 Å². The average Bonchev–Trinajstić information content (AvgIpc) is 2.21. The Bertz CT molecular complexity index is 148. The molecular formula is C12H24N2. The summed E-state index contributed by atoms with van der Waals surface area (Å²) in [6, 6.07) is 0. The Morgan fingerprint density at radius 3 is 2.00 bits per heavy atom. The van der Waals surface area contributed by atoms with Crippen LogP contribution in [0.5, 0.6) is 0 Å². The molecule has 0 radical (unpaired) electrons. The number of rotatable bonds is 8. The Hall–Kier alpha value is -0.760. The first-order valence-electron chi connectivity index (χ1n) is 5.64. The third-order valence-corrected chi connectivity index (χ3v) is 1.94. The van der Waals surface area contributed by atoms with Crippen molar-refractivity contribution < 1.29 is 0 Å². The molecule has 0 aliphatic heterocycles. The van der Waals surface area contributed by atoms with E-state index in [1.54, 1.807) is 0 Å². The van der Waals surface area contributed by atoms with Crippen LogP contribution in [-0.2, 0) is 0 Å². The average molecular weight is 196 g/mol. The van der Waals surface area contributed by atoms with Gasteiger partial charge in [-0.3, -0.25) is 0 Å². The summed E-state index contributed by atoms with van der Waals surface area (Å²) < 4.78 is 0. The second kappa shape index (κ2) is 10.3. The van der Waals surface area contributed by atoms with Crippen molar-refractivity contribution in [3.63, 3.8) is 0 Å². The lowest BCUT2D eigenvalue weighted by molar-refractivity contribution is 0.477. The van der Waals surface area contributed by atoms with Gasteiger partial charge in [0.05, 0.1) is 0 Å². The maximum absolute atomic E-state index is 5.46. The number of nitrogens with zero attached hydrogens (tertiary/aromatic N) is 1. The van der Waals surface area contributed by atoms with Crippen molar-refractivity contribution in [2.75, 3.05) is 13.1 Å². The van der Waals surface area contributed by atoms with Gasteiger partial charge in [0.15, 0.2) is 0 Å². The molecule has 14 heavy (non-hydrogen) atoms. The molecule has 0 bridgehead atoms. The molecular weight excluding hydrogens is 172 g/mol. The molecule has 0 atom stereocenters. The van der Waals surface area contributed by atoms with Crippen molar-refractivity contribution in [2.24, 2.45) is 5.73 Å². The molecule has 0 unspecified atom stereocenters. The van der Waals surface area contributed by atoms with Gasteiger partial charge < -0.3 is 10.6 Å². The standard InChI is InChI=1S/C12H24N2/c1-3-5-10-14(11-6-4-2)12-8-7-9-13/h5-6,10-11H,3-4,7-9,12-13H2,1-2H3. The maximum atomic E-state index is 5.46. The van der Waals surface area contributed by atoms with Crippen LogP contribution in [0, 0.1) is 0 Å². The topological polar surface area (TPSA) is 29.3 Å². The van der Waals surface area contributed by atoms with Crippen molar-refractivity contribution in [3.8, 4) is 0 Å². The van der Waals surface area contributed by atoms with Gasteiger partial charge in [0.2, 0.25) is 0 Å². The van der Waals surface area contributed by atoms with Crippen LogP contribution >= 0.6 is 0 Å². The third-order valence-electron chi connectivity index (χ3n) is 1.94. The molecule has 0 aliphatic rings. The number of hydrogen-bond donors (Lipinski definition) is 1. The van der Waals surface area contributed by atoms with Gasteiger partial charge in [0.25, 0.3) is 0 Å². The van der Waals surface area contributed by atoms with E-state index < -0.39 is 0 Å². The molecule has 0 aromatic carbocycles. The zero-order valence-corrected chi connectivity index (χ0v) is 9.58. The smallest absolute Gasteiger partial charge is 0.0219 e. The Morgan fingerprint density at radius 2 is 1.57 bits per heavy atom. The minimum absolute atomic E-state index is 0.794. The van der Waals surface area contributed by atoms with Crippen LogP contribution < -0.4 is 5.73 Å². The predicted molar refractivity (Wildman–Crippen MR) is 63.9 cm³/mol. The van der Waals surface area contributed by atoms with E-state index in [0.717, 1.165) is 32.4 Å². The molecule has 0 saturated heterocycles. The molecule has 0 amide bonds. The predicted octanol–water partition coefficient (Wildman–Crippen LogP) is 2.87. The molecule has 0 aromatic rings.